The molecule has 1 N–H and O–H groups in total. The third-order valence-electron chi connectivity index (χ3n) is 7.20. The molecule has 1 aromatic rings. The van der Waals surface area contributed by atoms with E-state index < -0.39 is 16.6 Å². The zero-order valence-corrected chi connectivity index (χ0v) is 14.4. The Morgan fingerprint density at radius 2 is 2.12 bits per heavy atom. The largest absolute Gasteiger partial charge is 0.493 e. The van der Waals surface area contributed by atoms with E-state index in [1.54, 1.807) is 14.2 Å². The smallest absolute Gasteiger partial charge is 0.177 e. The highest BCUT2D eigenvalue weighted by molar-refractivity contribution is 5.94. The molecule has 0 radical (unpaired) electrons. The first-order valence-electron chi connectivity index (χ1n) is 8.75. The Morgan fingerprint density at radius 1 is 1.29 bits per heavy atom. The van der Waals surface area contributed by atoms with Crippen LogP contribution in [-0.2, 0) is 21.4 Å². The van der Waals surface area contributed by atoms with Crippen LogP contribution >= 0.6 is 0 Å². The SMILES string of the molecule is COc1ccc2c3c1OC1(C)C(=O)CC[C@@]4(OC)[C@@H](C2)NCC[C@]314. The van der Waals surface area contributed by atoms with E-state index in [1.165, 1.54) is 5.56 Å². The van der Waals surface area contributed by atoms with Gasteiger partial charge in [0.15, 0.2) is 22.9 Å². The van der Waals surface area contributed by atoms with Gasteiger partial charge in [-0.3, -0.25) is 4.79 Å². The molecule has 2 heterocycles. The van der Waals surface area contributed by atoms with E-state index in [9.17, 15) is 4.79 Å². The zero-order chi connectivity index (χ0) is 16.7. The molecule has 4 aliphatic rings. The lowest BCUT2D eigenvalue weighted by atomic mass is 9.45. The summed E-state index contributed by atoms with van der Waals surface area (Å²) in [6.07, 6.45) is 2.98. The second-order valence-electron chi connectivity index (χ2n) is 7.65. The van der Waals surface area contributed by atoms with Crippen LogP contribution in [0.2, 0.25) is 0 Å². The normalized spacial score (nSPS) is 41.6. The van der Waals surface area contributed by atoms with Gasteiger partial charge in [0, 0.05) is 25.1 Å². The maximum atomic E-state index is 13.1. The molecule has 5 rings (SSSR count). The number of Topliss-reactive ketones (excluding diaryl/α,β-unsaturated/α-hetero) is 1. The summed E-state index contributed by atoms with van der Waals surface area (Å²) in [5, 5.41) is 3.66. The molecule has 4 atom stereocenters. The van der Waals surface area contributed by atoms with E-state index in [0.29, 0.717) is 12.2 Å². The summed E-state index contributed by atoms with van der Waals surface area (Å²) in [6.45, 7) is 2.84. The second-order valence-corrected chi connectivity index (χ2v) is 7.65. The quantitative estimate of drug-likeness (QED) is 0.896. The van der Waals surface area contributed by atoms with Crippen molar-refractivity contribution in [3.8, 4) is 11.5 Å². The summed E-state index contributed by atoms with van der Waals surface area (Å²) in [6, 6.07) is 4.30. The van der Waals surface area contributed by atoms with E-state index >= 15 is 0 Å². The van der Waals surface area contributed by atoms with Crippen LogP contribution in [0.4, 0.5) is 0 Å². The lowest BCUT2D eigenvalue weighted by Gasteiger charge is -2.64. The standard InChI is InChI=1S/C19H23NO4/c1-17-14(21)6-7-19(23-3)13-10-11-4-5-12(22-2)16(24-17)15(11)18(17,19)8-9-20-13/h4-5,13,20H,6-10H2,1-3H3/t13-,17?,18+,19-/m1/s1. The molecule has 1 saturated carbocycles. The molecule has 2 aliphatic carbocycles. The molecule has 1 aromatic carbocycles. The van der Waals surface area contributed by atoms with Crippen LogP contribution in [0.1, 0.15) is 37.3 Å². The number of carbonyl (C=O) groups is 1. The van der Waals surface area contributed by atoms with Crippen molar-refractivity contribution in [2.24, 2.45) is 0 Å². The van der Waals surface area contributed by atoms with Crippen LogP contribution in [0.5, 0.6) is 11.5 Å². The summed E-state index contributed by atoms with van der Waals surface area (Å²) < 4.78 is 18.3. The molecule has 2 fully saturated rings. The van der Waals surface area contributed by atoms with Crippen molar-refractivity contribution in [1.29, 1.82) is 0 Å². The van der Waals surface area contributed by atoms with Gasteiger partial charge in [0.1, 0.15) is 0 Å². The van der Waals surface area contributed by atoms with Gasteiger partial charge in [-0.1, -0.05) is 6.07 Å². The van der Waals surface area contributed by atoms with Crippen molar-refractivity contribution in [2.75, 3.05) is 20.8 Å². The monoisotopic (exact) mass is 329 g/mol. The Labute approximate surface area is 141 Å². The molecule has 1 unspecified atom stereocenters. The molecular weight excluding hydrogens is 306 g/mol. The van der Waals surface area contributed by atoms with Crippen molar-refractivity contribution in [3.05, 3.63) is 23.3 Å². The van der Waals surface area contributed by atoms with Crippen molar-refractivity contribution < 1.29 is 19.0 Å². The fraction of sp³-hybridized carbons (Fsp3) is 0.632. The van der Waals surface area contributed by atoms with Gasteiger partial charge in [-0.2, -0.15) is 0 Å². The van der Waals surface area contributed by atoms with E-state index in [4.69, 9.17) is 14.2 Å². The second kappa shape index (κ2) is 4.33. The van der Waals surface area contributed by atoms with Crippen molar-refractivity contribution >= 4 is 5.78 Å². The topological polar surface area (TPSA) is 56.8 Å². The number of rotatable bonds is 2. The minimum absolute atomic E-state index is 0.182. The number of ketones is 1. The summed E-state index contributed by atoms with van der Waals surface area (Å²) in [7, 11) is 3.45. The van der Waals surface area contributed by atoms with E-state index in [0.717, 1.165) is 37.1 Å². The maximum Gasteiger partial charge on any atom is 0.177 e. The molecule has 1 saturated heterocycles. The van der Waals surface area contributed by atoms with Gasteiger partial charge >= 0.3 is 0 Å². The highest BCUT2D eigenvalue weighted by atomic mass is 16.5. The lowest BCUT2D eigenvalue weighted by Crippen LogP contribution is -2.80. The predicted octanol–water partition coefficient (Wildman–Crippen LogP) is 1.75. The molecule has 24 heavy (non-hydrogen) atoms. The number of hydrogen-bond donors (Lipinski definition) is 1. The van der Waals surface area contributed by atoms with Gasteiger partial charge < -0.3 is 19.5 Å². The van der Waals surface area contributed by atoms with Gasteiger partial charge in [0.2, 0.25) is 0 Å². The number of nitrogens with one attached hydrogen (secondary N) is 1. The maximum absolute atomic E-state index is 13.1. The van der Waals surface area contributed by atoms with Crippen LogP contribution in [0.25, 0.3) is 0 Å². The Kier molecular flexibility index (Phi) is 2.65. The summed E-state index contributed by atoms with van der Waals surface area (Å²) in [5.41, 5.74) is 0.704. The summed E-state index contributed by atoms with van der Waals surface area (Å²) >= 11 is 0. The van der Waals surface area contributed by atoms with Gasteiger partial charge in [0.05, 0.1) is 18.1 Å². The molecule has 5 heteroatoms. The van der Waals surface area contributed by atoms with Crippen LogP contribution in [0.3, 0.4) is 0 Å². The zero-order valence-electron chi connectivity index (χ0n) is 14.4. The number of ether oxygens (including phenoxy) is 3. The molecule has 5 nitrogen and oxygen atoms in total. The van der Waals surface area contributed by atoms with Gasteiger partial charge in [-0.25, -0.2) is 0 Å². The number of piperidine rings is 1. The Bertz CT molecular complexity index is 762. The number of carbonyl (C=O) groups excluding carboxylic acids is 1. The molecule has 2 bridgehead atoms. The predicted molar refractivity (Wildman–Crippen MR) is 87.8 cm³/mol. The minimum Gasteiger partial charge on any atom is -0.493 e. The van der Waals surface area contributed by atoms with Crippen LogP contribution in [0, 0.1) is 0 Å². The van der Waals surface area contributed by atoms with Crippen LogP contribution < -0.4 is 14.8 Å². The summed E-state index contributed by atoms with van der Waals surface area (Å²) in [5.74, 6) is 1.66. The highest BCUT2D eigenvalue weighted by Gasteiger charge is 2.77. The number of benzene rings is 1. The molecule has 1 spiro atoms. The Morgan fingerprint density at radius 3 is 2.88 bits per heavy atom. The fourth-order valence-corrected chi connectivity index (χ4v) is 6.22. The van der Waals surface area contributed by atoms with Gasteiger partial charge in [-0.05, 0) is 44.4 Å². The average molecular weight is 329 g/mol. The third-order valence-corrected chi connectivity index (χ3v) is 7.20. The highest BCUT2D eigenvalue weighted by Crippen LogP contribution is 2.68. The first-order chi connectivity index (χ1) is 11.5. The summed E-state index contributed by atoms with van der Waals surface area (Å²) in [4.78, 5) is 13.1. The Hall–Kier alpha value is -1.59. The number of hydrogen-bond acceptors (Lipinski definition) is 5. The average Bonchev–Trinajstić information content (AvgIpc) is 2.85. The van der Waals surface area contributed by atoms with Crippen LogP contribution in [-0.4, -0.2) is 43.8 Å². The Balaban J connectivity index is 1.91. The van der Waals surface area contributed by atoms with E-state index in [2.05, 4.69) is 11.4 Å². The van der Waals surface area contributed by atoms with Crippen molar-refractivity contribution in [1.82, 2.24) is 5.32 Å². The van der Waals surface area contributed by atoms with Crippen molar-refractivity contribution in [3.63, 3.8) is 0 Å². The molecule has 0 amide bonds. The fourth-order valence-electron chi connectivity index (χ4n) is 6.22. The third kappa shape index (κ3) is 1.25. The molecular formula is C19H23NO4. The van der Waals surface area contributed by atoms with Gasteiger partial charge in [-0.15, -0.1) is 0 Å². The molecule has 128 valence electrons. The first-order valence-corrected chi connectivity index (χ1v) is 8.75. The van der Waals surface area contributed by atoms with Gasteiger partial charge in [0.25, 0.3) is 0 Å². The van der Waals surface area contributed by atoms with Crippen LogP contribution in [0.15, 0.2) is 12.1 Å². The van der Waals surface area contributed by atoms with E-state index in [1.807, 2.05) is 13.0 Å². The molecule has 0 aromatic heterocycles. The van der Waals surface area contributed by atoms with Crippen molar-refractivity contribution in [2.45, 2.75) is 55.3 Å². The number of methoxy groups -OCH3 is 2. The molecule has 2 aliphatic heterocycles. The van der Waals surface area contributed by atoms with E-state index in [-0.39, 0.29) is 11.8 Å². The first kappa shape index (κ1) is 14.7. The lowest BCUT2D eigenvalue weighted by molar-refractivity contribution is -0.199. The minimum atomic E-state index is -0.881.